The minimum Gasteiger partial charge on any atom is -0.444 e. The highest BCUT2D eigenvalue weighted by Gasteiger charge is 2.14. The summed E-state index contributed by atoms with van der Waals surface area (Å²) >= 11 is 0. The number of benzene rings is 2. The maximum absolute atomic E-state index is 13.1. The lowest BCUT2D eigenvalue weighted by molar-refractivity contribution is 0.461. The summed E-state index contributed by atoms with van der Waals surface area (Å²) in [6, 6.07) is 16.3. The molecule has 0 aliphatic heterocycles. The molecule has 29 heavy (non-hydrogen) atoms. The highest BCUT2D eigenvalue weighted by molar-refractivity contribution is 5.69. The van der Waals surface area contributed by atoms with Crippen molar-refractivity contribution in [1.82, 2.24) is 9.97 Å². The Bertz CT molecular complexity index is 1170. The minimum atomic E-state index is -0.394. The van der Waals surface area contributed by atoms with E-state index >= 15 is 0 Å². The number of nitrogens with zero attached hydrogens (tertiary/aromatic N) is 3. The van der Waals surface area contributed by atoms with Crippen LogP contribution in [0.5, 0.6) is 11.6 Å². The van der Waals surface area contributed by atoms with Crippen molar-refractivity contribution in [3.63, 3.8) is 0 Å². The van der Waals surface area contributed by atoms with Gasteiger partial charge in [0.15, 0.2) is 12.2 Å². The van der Waals surface area contributed by atoms with Gasteiger partial charge in [0.2, 0.25) is 5.88 Å². The summed E-state index contributed by atoms with van der Waals surface area (Å²) in [5.74, 6) is 1.02. The number of nitrogens with one attached hydrogen (secondary N) is 1. The number of pyridine rings is 1. The van der Waals surface area contributed by atoms with Gasteiger partial charge in [0, 0.05) is 17.3 Å². The fourth-order valence-electron chi connectivity index (χ4n) is 2.63. The molecular formula is C21H14FN5O2. The summed E-state index contributed by atoms with van der Waals surface area (Å²) in [5, 5.41) is 12.5. The van der Waals surface area contributed by atoms with E-state index in [4.69, 9.17) is 14.9 Å². The number of nitrogen functional groups attached to an aromatic ring is 1. The zero-order valence-corrected chi connectivity index (χ0v) is 15.0. The van der Waals surface area contributed by atoms with Gasteiger partial charge >= 0.3 is 0 Å². The molecule has 0 saturated heterocycles. The highest BCUT2D eigenvalue weighted by atomic mass is 19.1. The van der Waals surface area contributed by atoms with Crippen LogP contribution in [0.15, 0.2) is 71.6 Å². The average Bonchev–Trinajstić information content (AvgIpc) is 3.25. The van der Waals surface area contributed by atoms with E-state index < -0.39 is 5.82 Å². The third-order valence-electron chi connectivity index (χ3n) is 4.03. The van der Waals surface area contributed by atoms with Gasteiger partial charge in [0.1, 0.15) is 29.0 Å². The molecule has 2 aromatic carbocycles. The lowest BCUT2D eigenvalue weighted by atomic mass is 10.1. The Labute approximate surface area is 165 Å². The normalized spacial score (nSPS) is 10.3. The third kappa shape index (κ3) is 3.99. The molecule has 0 aliphatic rings. The molecule has 0 amide bonds. The quantitative estimate of drug-likeness (QED) is 0.503. The van der Waals surface area contributed by atoms with Crippen LogP contribution in [0.25, 0.3) is 11.3 Å². The number of aromatic nitrogens is 2. The average molecular weight is 387 g/mol. The van der Waals surface area contributed by atoms with Crippen LogP contribution in [-0.2, 0) is 0 Å². The number of hydrogen-bond donors (Lipinski definition) is 2. The summed E-state index contributed by atoms with van der Waals surface area (Å²) < 4.78 is 24.0. The summed E-state index contributed by atoms with van der Waals surface area (Å²) in [6.07, 6.45) is 3.00. The van der Waals surface area contributed by atoms with Crippen LogP contribution in [0.1, 0.15) is 5.56 Å². The Morgan fingerprint density at radius 1 is 1.10 bits per heavy atom. The molecule has 0 saturated carbocycles. The Balaban J connectivity index is 1.60. The molecule has 8 heteroatoms. The van der Waals surface area contributed by atoms with Crippen LogP contribution in [0.2, 0.25) is 0 Å². The first-order chi connectivity index (χ1) is 14.1. The van der Waals surface area contributed by atoms with Crippen molar-refractivity contribution in [2.45, 2.75) is 0 Å². The van der Waals surface area contributed by atoms with E-state index in [1.54, 1.807) is 12.3 Å². The molecule has 2 aromatic heterocycles. The van der Waals surface area contributed by atoms with Gasteiger partial charge in [-0.25, -0.2) is 9.37 Å². The van der Waals surface area contributed by atoms with Crippen LogP contribution >= 0.6 is 0 Å². The molecule has 0 spiro atoms. The van der Waals surface area contributed by atoms with E-state index in [-0.39, 0.29) is 17.1 Å². The molecule has 4 aromatic rings. The Kier molecular flexibility index (Phi) is 4.78. The van der Waals surface area contributed by atoms with Crippen LogP contribution in [0.3, 0.4) is 0 Å². The number of anilines is 3. The van der Waals surface area contributed by atoms with E-state index in [1.807, 2.05) is 30.3 Å². The molecule has 7 nitrogen and oxygen atoms in total. The number of hydrogen-bond acceptors (Lipinski definition) is 7. The largest absolute Gasteiger partial charge is 0.444 e. The molecule has 2 heterocycles. The van der Waals surface area contributed by atoms with Gasteiger partial charge in [-0.15, -0.1) is 0 Å². The second kappa shape index (κ2) is 7.70. The lowest BCUT2D eigenvalue weighted by Crippen LogP contribution is -2.02. The number of nitriles is 1. The monoisotopic (exact) mass is 387 g/mol. The maximum atomic E-state index is 13.1. The smallest absolute Gasteiger partial charge is 0.241 e. The minimum absolute atomic E-state index is 0.0277. The van der Waals surface area contributed by atoms with E-state index in [1.165, 1.54) is 30.7 Å². The van der Waals surface area contributed by atoms with Crippen molar-refractivity contribution >= 4 is 17.2 Å². The standard InChI is InChI=1S/C21H14FN5O2/c22-14-3-7-16(8-4-14)29-21-17(10-23)18(24)9-20(27-21)26-15-5-1-13(2-6-15)19-11-25-12-28-19/h1-9,11-12H,(H3,24,26,27). The predicted octanol–water partition coefficient (Wildman–Crippen LogP) is 4.87. The highest BCUT2D eigenvalue weighted by Crippen LogP contribution is 2.31. The van der Waals surface area contributed by atoms with Gasteiger partial charge in [-0.2, -0.15) is 10.2 Å². The number of ether oxygens (including phenoxy) is 1. The van der Waals surface area contributed by atoms with Crippen molar-refractivity contribution in [2.24, 2.45) is 0 Å². The van der Waals surface area contributed by atoms with Gasteiger partial charge in [0.05, 0.1) is 11.9 Å². The summed E-state index contributed by atoms with van der Waals surface area (Å²) in [6.45, 7) is 0. The van der Waals surface area contributed by atoms with E-state index in [0.29, 0.717) is 17.3 Å². The summed E-state index contributed by atoms with van der Waals surface area (Å²) in [7, 11) is 0. The van der Waals surface area contributed by atoms with Crippen molar-refractivity contribution < 1.29 is 13.5 Å². The number of rotatable bonds is 5. The fraction of sp³-hybridized carbons (Fsp3) is 0. The lowest BCUT2D eigenvalue weighted by Gasteiger charge is -2.12. The first-order valence-electron chi connectivity index (χ1n) is 8.52. The maximum Gasteiger partial charge on any atom is 0.241 e. The molecule has 0 bridgehead atoms. The van der Waals surface area contributed by atoms with Gasteiger partial charge in [0.25, 0.3) is 0 Å². The molecule has 0 radical (unpaired) electrons. The van der Waals surface area contributed by atoms with Crippen LogP contribution in [0.4, 0.5) is 21.6 Å². The third-order valence-corrected chi connectivity index (χ3v) is 4.03. The van der Waals surface area contributed by atoms with E-state index in [2.05, 4.69) is 15.3 Å². The number of nitrogens with two attached hydrogens (primary N) is 1. The molecule has 142 valence electrons. The molecule has 0 aliphatic carbocycles. The van der Waals surface area contributed by atoms with E-state index in [9.17, 15) is 9.65 Å². The predicted molar refractivity (Wildman–Crippen MR) is 105 cm³/mol. The second-order valence-corrected chi connectivity index (χ2v) is 6.01. The first kappa shape index (κ1) is 18.0. The van der Waals surface area contributed by atoms with Crippen LogP contribution < -0.4 is 15.8 Å². The molecule has 0 unspecified atom stereocenters. The van der Waals surface area contributed by atoms with Crippen molar-refractivity contribution in [3.8, 4) is 29.0 Å². The van der Waals surface area contributed by atoms with Gasteiger partial charge < -0.3 is 20.2 Å². The molecule has 4 rings (SSSR count). The second-order valence-electron chi connectivity index (χ2n) is 6.01. The molecule has 3 N–H and O–H groups in total. The number of oxazole rings is 1. The van der Waals surface area contributed by atoms with Crippen molar-refractivity contribution in [2.75, 3.05) is 11.1 Å². The Morgan fingerprint density at radius 3 is 2.52 bits per heavy atom. The molecular weight excluding hydrogens is 373 g/mol. The zero-order chi connectivity index (χ0) is 20.2. The molecule has 0 fully saturated rings. The van der Waals surface area contributed by atoms with Crippen LogP contribution in [-0.4, -0.2) is 9.97 Å². The van der Waals surface area contributed by atoms with Gasteiger partial charge in [-0.05, 0) is 48.5 Å². The molecule has 0 atom stereocenters. The van der Waals surface area contributed by atoms with Gasteiger partial charge in [-0.3, -0.25) is 0 Å². The van der Waals surface area contributed by atoms with Gasteiger partial charge in [-0.1, -0.05) is 0 Å². The summed E-state index contributed by atoms with van der Waals surface area (Å²) in [5.41, 5.74) is 7.92. The first-order valence-corrected chi connectivity index (χ1v) is 8.52. The summed E-state index contributed by atoms with van der Waals surface area (Å²) in [4.78, 5) is 8.23. The Morgan fingerprint density at radius 2 is 1.86 bits per heavy atom. The fourth-order valence-corrected chi connectivity index (χ4v) is 2.63. The Hall–Kier alpha value is -4.38. The van der Waals surface area contributed by atoms with Crippen molar-refractivity contribution in [3.05, 3.63) is 78.6 Å². The van der Waals surface area contributed by atoms with Crippen molar-refractivity contribution in [1.29, 1.82) is 5.26 Å². The zero-order valence-electron chi connectivity index (χ0n) is 15.0. The van der Waals surface area contributed by atoms with E-state index in [0.717, 1.165) is 11.3 Å². The number of halogens is 1. The topological polar surface area (TPSA) is 110 Å². The SMILES string of the molecule is N#Cc1c(N)cc(Nc2ccc(-c3cnco3)cc2)nc1Oc1ccc(F)cc1. The van der Waals surface area contributed by atoms with Crippen LogP contribution in [0, 0.1) is 17.1 Å².